The highest BCUT2D eigenvalue weighted by Crippen LogP contribution is 2.36. The fourth-order valence-corrected chi connectivity index (χ4v) is 2.31. The standard InChI is InChI=1S/C20H22O6/c1-3-23-19(21)13-25-17-11-7-5-9-15(17)16-10-6-8-12-18(16)26-14-20(22)24-4-2/h5-12H,3-4,13-14H2,1-2H3. The van der Waals surface area contributed by atoms with Gasteiger partial charge < -0.3 is 18.9 Å². The fraction of sp³-hybridized carbons (Fsp3) is 0.300. The van der Waals surface area contributed by atoms with Crippen molar-refractivity contribution in [2.45, 2.75) is 13.8 Å². The van der Waals surface area contributed by atoms with Gasteiger partial charge in [-0.05, 0) is 26.0 Å². The average Bonchev–Trinajstić information content (AvgIpc) is 2.66. The van der Waals surface area contributed by atoms with Gasteiger partial charge in [0.1, 0.15) is 11.5 Å². The Labute approximate surface area is 152 Å². The third-order valence-electron chi connectivity index (χ3n) is 3.37. The van der Waals surface area contributed by atoms with Crippen molar-refractivity contribution < 1.29 is 28.5 Å². The van der Waals surface area contributed by atoms with Crippen molar-refractivity contribution in [1.29, 1.82) is 0 Å². The van der Waals surface area contributed by atoms with E-state index in [0.717, 1.165) is 11.1 Å². The van der Waals surface area contributed by atoms with Crippen molar-refractivity contribution in [2.75, 3.05) is 26.4 Å². The van der Waals surface area contributed by atoms with Crippen LogP contribution in [-0.4, -0.2) is 38.4 Å². The maximum atomic E-state index is 11.5. The Hall–Kier alpha value is -3.02. The highest BCUT2D eigenvalue weighted by atomic mass is 16.6. The first kappa shape index (κ1) is 19.3. The lowest BCUT2D eigenvalue weighted by Crippen LogP contribution is -2.15. The summed E-state index contributed by atoms with van der Waals surface area (Å²) in [6.07, 6.45) is 0. The summed E-state index contributed by atoms with van der Waals surface area (Å²) in [5, 5.41) is 0. The largest absolute Gasteiger partial charge is 0.481 e. The Balaban J connectivity index is 2.20. The number of esters is 2. The third kappa shape index (κ3) is 5.51. The summed E-state index contributed by atoms with van der Waals surface area (Å²) >= 11 is 0. The van der Waals surface area contributed by atoms with Crippen LogP contribution in [0, 0.1) is 0 Å². The van der Waals surface area contributed by atoms with Gasteiger partial charge >= 0.3 is 11.9 Å². The Morgan fingerprint density at radius 1 is 0.692 bits per heavy atom. The first-order chi connectivity index (χ1) is 12.7. The number of hydrogen-bond donors (Lipinski definition) is 0. The molecule has 6 heteroatoms. The highest BCUT2D eigenvalue weighted by molar-refractivity contribution is 5.78. The molecule has 0 aliphatic carbocycles. The van der Waals surface area contributed by atoms with Crippen LogP contribution in [0.15, 0.2) is 48.5 Å². The van der Waals surface area contributed by atoms with Crippen molar-refractivity contribution in [1.82, 2.24) is 0 Å². The van der Waals surface area contributed by atoms with Crippen LogP contribution in [0.5, 0.6) is 11.5 Å². The summed E-state index contributed by atoms with van der Waals surface area (Å²) < 4.78 is 21.0. The van der Waals surface area contributed by atoms with Crippen LogP contribution in [0.3, 0.4) is 0 Å². The van der Waals surface area contributed by atoms with Crippen LogP contribution in [0.25, 0.3) is 11.1 Å². The predicted molar refractivity (Wildman–Crippen MR) is 96.1 cm³/mol. The zero-order chi connectivity index (χ0) is 18.8. The van der Waals surface area contributed by atoms with Gasteiger partial charge in [-0.15, -0.1) is 0 Å². The minimum absolute atomic E-state index is 0.184. The van der Waals surface area contributed by atoms with Gasteiger partial charge in [0.2, 0.25) is 0 Å². The van der Waals surface area contributed by atoms with Crippen molar-refractivity contribution in [2.24, 2.45) is 0 Å². The fourth-order valence-electron chi connectivity index (χ4n) is 2.31. The summed E-state index contributed by atoms with van der Waals surface area (Å²) in [6, 6.07) is 14.6. The van der Waals surface area contributed by atoms with Crippen molar-refractivity contribution in [3.05, 3.63) is 48.5 Å². The zero-order valence-corrected chi connectivity index (χ0v) is 14.9. The molecule has 0 aliphatic heterocycles. The molecule has 0 spiro atoms. The molecule has 6 nitrogen and oxygen atoms in total. The third-order valence-corrected chi connectivity index (χ3v) is 3.37. The number of para-hydroxylation sites is 2. The normalized spacial score (nSPS) is 10.1. The molecule has 0 amide bonds. The SMILES string of the molecule is CCOC(=O)COc1ccccc1-c1ccccc1OCC(=O)OCC. The van der Waals surface area contributed by atoms with Crippen LogP contribution < -0.4 is 9.47 Å². The molecule has 2 aromatic rings. The summed E-state index contributed by atoms with van der Waals surface area (Å²) in [5.74, 6) is 0.170. The van der Waals surface area contributed by atoms with Gasteiger partial charge in [-0.2, -0.15) is 0 Å². The van der Waals surface area contributed by atoms with E-state index < -0.39 is 11.9 Å². The number of ether oxygens (including phenoxy) is 4. The van der Waals surface area contributed by atoms with Crippen molar-refractivity contribution in [3.63, 3.8) is 0 Å². The first-order valence-corrected chi connectivity index (χ1v) is 8.41. The summed E-state index contributed by atoms with van der Waals surface area (Å²) in [5.41, 5.74) is 1.49. The lowest BCUT2D eigenvalue weighted by Gasteiger charge is -2.15. The van der Waals surface area contributed by atoms with Crippen molar-refractivity contribution in [3.8, 4) is 22.6 Å². The number of rotatable bonds is 9. The van der Waals surface area contributed by atoms with Gasteiger partial charge in [0, 0.05) is 11.1 Å². The molecule has 0 aromatic heterocycles. The van der Waals surface area contributed by atoms with E-state index in [9.17, 15) is 9.59 Å². The number of hydrogen-bond acceptors (Lipinski definition) is 6. The molecule has 0 atom stereocenters. The van der Waals surface area contributed by atoms with Gasteiger partial charge in [0.15, 0.2) is 13.2 Å². The van der Waals surface area contributed by atoms with E-state index in [-0.39, 0.29) is 13.2 Å². The number of carbonyl (C=O) groups is 2. The van der Waals surface area contributed by atoms with Gasteiger partial charge in [-0.1, -0.05) is 36.4 Å². The van der Waals surface area contributed by atoms with E-state index in [1.54, 1.807) is 26.0 Å². The van der Waals surface area contributed by atoms with E-state index in [1.807, 2.05) is 36.4 Å². The molecule has 26 heavy (non-hydrogen) atoms. The van der Waals surface area contributed by atoms with Crippen LogP contribution >= 0.6 is 0 Å². The molecule has 0 heterocycles. The van der Waals surface area contributed by atoms with Gasteiger partial charge in [0.05, 0.1) is 13.2 Å². The Morgan fingerprint density at radius 3 is 1.46 bits per heavy atom. The van der Waals surface area contributed by atoms with E-state index in [2.05, 4.69) is 0 Å². The smallest absolute Gasteiger partial charge is 0.344 e. The maximum Gasteiger partial charge on any atom is 0.344 e. The maximum absolute atomic E-state index is 11.5. The Kier molecular flexibility index (Phi) is 7.49. The molecule has 0 radical (unpaired) electrons. The number of benzene rings is 2. The van der Waals surface area contributed by atoms with Crippen LogP contribution in [0.2, 0.25) is 0 Å². The molecule has 0 fully saturated rings. The van der Waals surface area contributed by atoms with Crippen LogP contribution in [0.1, 0.15) is 13.8 Å². The minimum atomic E-state index is -0.436. The average molecular weight is 358 g/mol. The highest BCUT2D eigenvalue weighted by Gasteiger charge is 2.14. The molecular formula is C20H22O6. The Bertz CT molecular complexity index is 677. The lowest BCUT2D eigenvalue weighted by atomic mass is 10.0. The topological polar surface area (TPSA) is 71.1 Å². The lowest BCUT2D eigenvalue weighted by molar-refractivity contribution is -0.146. The molecule has 0 aliphatic rings. The molecule has 0 N–H and O–H groups in total. The minimum Gasteiger partial charge on any atom is -0.481 e. The Morgan fingerprint density at radius 2 is 1.08 bits per heavy atom. The van der Waals surface area contributed by atoms with Crippen LogP contribution in [0.4, 0.5) is 0 Å². The summed E-state index contributed by atoms with van der Waals surface area (Å²) in [4.78, 5) is 23.1. The molecule has 0 saturated carbocycles. The molecular weight excluding hydrogens is 336 g/mol. The molecule has 0 saturated heterocycles. The molecule has 0 bridgehead atoms. The number of carbonyl (C=O) groups excluding carboxylic acids is 2. The molecule has 0 unspecified atom stereocenters. The van der Waals surface area contributed by atoms with Crippen molar-refractivity contribution >= 4 is 11.9 Å². The summed E-state index contributed by atoms with van der Waals surface area (Å²) in [7, 11) is 0. The second kappa shape index (κ2) is 10.1. The predicted octanol–water partition coefficient (Wildman–Crippen LogP) is 3.24. The van der Waals surface area contributed by atoms with Gasteiger partial charge in [0.25, 0.3) is 0 Å². The zero-order valence-electron chi connectivity index (χ0n) is 14.9. The van der Waals surface area contributed by atoms with Gasteiger partial charge in [-0.25, -0.2) is 9.59 Å². The second-order valence-corrected chi connectivity index (χ2v) is 5.18. The quantitative estimate of drug-likeness (QED) is 0.641. The second-order valence-electron chi connectivity index (χ2n) is 5.18. The monoisotopic (exact) mass is 358 g/mol. The van der Waals surface area contributed by atoms with E-state index in [0.29, 0.717) is 24.7 Å². The van der Waals surface area contributed by atoms with Crippen LogP contribution in [-0.2, 0) is 19.1 Å². The van der Waals surface area contributed by atoms with Gasteiger partial charge in [-0.3, -0.25) is 0 Å². The summed E-state index contributed by atoms with van der Waals surface area (Å²) in [6.45, 7) is 3.71. The molecule has 138 valence electrons. The first-order valence-electron chi connectivity index (χ1n) is 8.41. The van der Waals surface area contributed by atoms with E-state index in [1.165, 1.54) is 0 Å². The van der Waals surface area contributed by atoms with E-state index in [4.69, 9.17) is 18.9 Å². The van der Waals surface area contributed by atoms with E-state index >= 15 is 0 Å². The molecule has 2 rings (SSSR count). The molecule has 2 aromatic carbocycles.